The van der Waals surface area contributed by atoms with E-state index in [1.807, 2.05) is 0 Å². The van der Waals surface area contributed by atoms with Crippen LogP contribution in [-0.4, -0.2) is 98.2 Å². The van der Waals surface area contributed by atoms with E-state index < -0.39 is 71.4 Å². The van der Waals surface area contributed by atoms with Crippen molar-refractivity contribution in [3.05, 3.63) is 70.8 Å². The first-order valence-corrected chi connectivity index (χ1v) is 22.4. The second-order valence-corrected chi connectivity index (χ2v) is 18.0. The first-order chi connectivity index (χ1) is 27.1. The summed E-state index contributed by atoms with van der Waals surface area (Å²) in [6, 6.07) is 11.8. The molecule has 3 N–H and O–H groups in total. The summed E-state index contributed by atoms with van der Waals surface area (Å²) in [5.41, 5.74) is 1.22. The zero-order valence-electron chi connectivity index (χ0n) is 31.1. The number of hydrogen-bond donors (Lipinski definition) is 3. The number of hydroxylamine groups is 2. The number of rotatable bonds is 18. The first kappa shape index (κ1) is 43.9. The number of aryl methyl sites for hydroxylation is 3. The highest BCUT2D eigenvalue weighted by Crippen LogP contribution is 2.34. The molecule has 1 aromatic heterocycles. The molecule has 0 saturated carbocycles. The van der Waals surface area contributed by atoms with Crippen molar-refractivity contribution in [2.45, 2.75) is 52.5 Å². The molecule has 0 radical (unpaired) electrons. The molecule has 19 nitrogen and oxygen atoms in total. The standard InChI is InChI=1S/C36H38N2O17S3/c1-22-18-24(35(41)55-38-31(39)10-11-32(38)40)19-23(2)34(22)54-36(42)33-27-20-25(52-13-4-16-57(46,47)48)6-8-29(27)37(12-3-15-56(43,44)45)30-9-7-26(21-28(30)33)53-14-5-17-58(49,50)51/h6-9,18-21H,3-5,10-17H2,1-2H3,(H2-,43,44,45,46,47,48,49,50,51)/p+1. The van der Waals surface area contributed by atoms with Crippen LogP contribution in [0.25, 0.3) is 21.8 Å². The lowest BCUT2D eigenvalue weighted by Crippen LogP contribution is -2.37. The van der Waals surface area contributed by atoms with Crippen molar-refractivity contribution >= 4 is 75.9 Å². The summed E-state index contributed by atoms with van der Waals surface area (Å²) < 4.78 is 115. The van der Waals surface area contributed by atoms with Gasteiger partial charge in [0.15, 0.2) is 6.54 Å². The van der Waals surface area contributed by atoms with Gasteiger partial charge in [-0.1, -0.05) is 0 Å². The number of ether oxygens (including phenoxy) is 3. The maximum absolute atomic E-state index is 14.5. The average Bonchev–Trinajstić information content (AvgIpc) is 3.43. The van der Waals surface area contributed by atoms with Crippen LogP contribution in [0.5, 0.6) is 17.2 Å². The Hall–Kier alpha value is -5.26. The van der Waals surface area contributed by atoms with E-state index in [0.717, 1.165) is 0 Å². The van der Waals surface area contributed by atoms with Crippen molar-refractivity contribution in [2.24, 2.45) is 0 Å². The fourth-order valence-corrected chi connectivity index (χ4v) is 7.71. The predicted molar refractivity (Wildman–Crippen MR) is 203 cm³/mol. The molecule has 2 heterocycles. The third-order valence-corrected chi connectivity index (χ3v) is 11.2. The highest BCUT2D eigenvalue weighted by atomic mass is 32.2. The van der Waals surface area contributed by atoms with Crippen molar-refractivity contribution in [2.75, 3.05) is 30.5 Å². The number of imide groups is 1. The minimum absolute atomic E-state index is 0.00957. The molecule has 0 unspecified atom stereocenters. The molecule has 5 rings (SSSR count). The molecule has 1 fully saturated rings. The molecule has 0 atom stereocenters. The number of hydrogen-bond acceptors (Lipinski definition) is 14. The second kappa shape index (κ2) is 17.7. The number of carbonyl (C=O) groups excluding carboxylic acids is 4. The molecule has 312 valence electrons. The van der Waals surface area contributed by atoms with Gasteiger partial charge < -0.3 is 19.0 Å². The van der Waals surface area contributed by atoms with Crippen LogP contribution in [0, 0.1) is 13.8 Å². The smallest absolute Gasteiger partial charge is 0.363 e. The van der Waals surface area contributed by atoms with Crippen LogP contribution in [0.2, 0.25) is 0 Å². The second-order valence-electron chi connectivity index (χ2n) is 13.3. The van der Waals surface area contributed by atoms with Gasteiger partial charge in [0, 0.05) is 31.4 Å². The van der Waals surface area contributed by atoms with Gasteiger partial charge in [0.2, 0.25) is 11.0 Å². The van der Waals surface area contributed by atoms with Gasteiger partial charge in [-0.2, -0.15) is 29.8 Å². The normalized spacial score (nSPS) is 13.6. The first-order valence-electron chi connectivity index (χ1n) is 17.6. The number of fused-ring (bicyclic) bond motifs is 2. The highest BCUT2D eigenvalue weighted by Gasteiger charge is 2.34. The Morgan fingerprint density at radius 3 is 1.57 bits per heavy atom. The Bertz CT molecular complexity index is 2500. The molecule has 1 aliphatic heterocycles. The quantitative estimate of drug-likeness (QED) is 0.0247. The maximum Gasteiger partial charge on any atom is 0.363 e. The zero-order chi connectivity index (χ0) is 42.6. The maximum atomic E-state index is 14.5. The van der Waals surface area contributed by atoms with Gasteiger partial charge in [0.25, 0.3) is 42.2 Å². The third kappa shape index (κ3) is 11.4. The van der Waals surface area contributed by atoms with Gasteiger partial charge in [0.05, 0.1) is 52.4 Å². The van der Waals surface area contributed by atoms with E-state index in [2.05, 4.69) is 0 Å². The van der Waals surface area contributed by atoms with E-state index in [1.165, 1.54) is 36.4 Å². The lowest BCUT2D eigenvalue weighted by molar-refractivity contribution is -0.645. The van der Waals surface area contributed by atoms with E-state index in [-0.39, 0.29) is 102 Å². The van der Waals surface area contributed by atoms with Crippen LogP contribution >= 0.6 is 0 Å². The van der Waals surface area contributed by atoms with Crippen LogP contribution in [0.15, 0.2) is 48.5 Å². The van der Waals surface area contributed by atoms with E-state index in [9.17, 15) is 49.0 Å². The predicted octanol–water partition coefficient (Wildman–Crippen LogP) is 2.93. The van der Waals surface area contributed by atoms with Crippen molar-refractivity contribution < 1.29 is 81.7 Å². The van der Waals surface area contributed by atoms with E-state index in [4.69, 9.17) is 28.2 Å². The van der Waals surface area contributed by atoms with Crippen LogP contribution in [0.4, 0.5) is 0 Å². The fraction of sp³-hybridized carbons (Fsp3) is 0.361. The zero-order valence-corrected chi connectivity index (χ0v) is 33.5. The summed E-state index contributed by atoms with van der Waals surface area (Å²) in [6.45, 7) is 2.79. The van der Waals surface area contributed by atoms with E-state index in [1.54, 1.807) is 30.5 Å². The Morgan fingerprint density at radius 2 is 1.12 bits per heavy atom. The molecular formula is C36H39N2O17S3+. The average molecular weight is 868 g/mol. The molecule has 0 bridgehead atoms. The van der Waals surface area contributed by atoms with Gasteiger partial charge in [-0.3, -0.25) is 23.2 Å². The number of amides is 2. The molecule has 2 amide bonds. The van der Waals surface area contributed by atoms with Gasteiger partial charge >= 0.3 is 11.9 Å². The summed E-state index contributed by atoms with van der Waals surface area (Å²) in [5.74, 6) is -4.63. The Balaban J connectivity index is 1.61. The summed E-state index contributed by atoms with van der Waals surface area (Å²) in [6.07, 6.45) is -0.424. The van der Waals surface area contributed by atoms with Crippen molar-refractivity contribution in [1.29, 1.82) is 0 Å². The van der Waals surface area contributed by atoms with Crippen LogP contribution < -0.4 is 18.8 Å². The lowest BCUT2D eigenvalue weighted by atomic mass is 10.0. The Kier molecular flexibility index (Phi) is 13.4. The topological polar surface area (TPSA) is 275 Å². The summed E-state index contributed by atoms with van der Waals surface area (Å²) >= 11 is 0. The highest BCUT2D eigenvalue weighted by molar-refractivity contribution is 7.86. The van der Waals surface area contributed by atoms with Gasteiger partial charge in [-0.05, 0) is 74.2 Å². The van der Waals surface area contributed by atoms with Gasteiger partial charge in [-0.15, -0.1) is 5.06 Å². The van der Waals surface area contributed by atoms with Gasteiger partial charge in [0.1, 0.15) is 17.2 Å². The lowest BCUT2D eigenvalue weighted by Gasteiger charge is -2.17. The van der Waals surface area contributed by atoms with Crippen LogP contribution in [0.3, 0.4) is 0 Å². The molecule has 58 heavy (non-hydrogen) atoms. The van der Waals surface area contributed by atoms with Crippen molar-refractivity contribution in [3.8, 4) is 17.2 Å². The van der Waals surface area contributed by atoms with Crippen molar-refractivity contribution in [1.82, 2.24) is 5.06 Å². The van der Waals surface area contributed by atoms with E-state index >= 15 is 0 Å². The van der Waals surface area contributed by atoms with Gasteiger partial charge in [-0.25, -0.2) is 9.59 Å². The molecule has 0 aliphatic carbocycles. The monoisotopic (exact) mass is 867 g/mol. The number of pyridine rings is 1. The Labute approximate surface area is 332 Å². The largest absolute Gasteiger partial charge is 0.494 e. The number of benzene rings is 3. The number of carbonyl (C=O) groups is 4. The van der Waals surface area contributed by atoms with Crippen molar-refractivity contribution in [3.63, 3.8) is 0 Å². The Morgan fingerprint density at radius 1 is 0.672 bits per heavy atom. The van der Waals surface area contributed by atoms with Crippen LogP contribution in [-0.2, 0) is 51.3 Å². The molecule has 0 spiro atoms. The minimum Gasteiger partial charge on any atom is -0.494 e. The molecular weight excluding hydrogens is 829 g/mol. The minimum atomic E-state index is -4.35. The van der Waals surface area contributed by atoms with Crippen LogP contribution in [0.1, 0.15) is 63.9 Å². The number of aromatic nitrogens is 1. The SMILES string of the molecule is Cc1cc(C(=O)ON2C(=O)CCC2=O)cc(C)c1OC(=O)c1c2cc(OCCCS(=O)(=O)O)ccc2[n+](CCCS(=O)(=O)O)c2ccc(OCCCS(=O)(=O)O)cc12. The summed E-state index contributed by atoms with van der Waals surface area (Å²) in [4.78, 5) is 56.4. The number of nitrogens with zero attached hydrogens (tertiary/aromatic N) is 2. The number of esters is 1. The van der Waals surface area contributed by atoms with E-state index in [0.29, 0.717) is 16.1 Å². The molecule has 22 heteroatoms. The molecule has 1 aliphatic rings. The fourth-order valence-electron chi connectivity index (χ4n) is 6.25. The summed E-state index contributed by atoms with van der Waals surface area (Å²) in [5, 5.41) is 0.812. The molecule has 3 aromatic carbocycles. The summed E-state index contributed by atoms with van der Waals surface area (Å²) in [7, 11) is -12.9. The molecule has 1 saturated heterocycles. The third-order valence-electron chi connectivity index (χ3n) is 8.75. The molecule has 4 aromatic rings.